The van der Waals surface area contributed by atoms with Gasteiger partial charge >= 0.3 is 12.4 Å². The van der Waals surface area contributed by atoms with E-state index in [1.165, 1.54) is 4.68 Å². The summed E-state index contributed by atoms with van der Waals surface area (Å²) in [6.45, 7) is 5.06. The zero-order valence-electron chi connectivity index (χ0n) is 20.6. The summed E-state index contributed by atoms with van der Waals surface area (Å²) < 4.78 is 80.4. The van der Waals surface area contributed by atoms with Crippen molar-refractivity contribution in [3.05, 3.63) is 75.9 Å². The molecular weight excluding hydrogens is 538 g/mol. The summed E-state index contributed by atoms with van der Waals surface area (Å²) in [7, 11) is 1.09. The number of anilines is 1. The standard InChI is InChI=1S/C25H23ClF6N4O2/c1-23(2,3)19-12-20(36(34-19)18-7-5-17(26)6-8-18)33-21(37)13-35(4)22(38)14-9-15(24(27,28)29)11-16(10-14)25(30,31)32/h5-12H,13H2,1-4H3,(H,33,37). The fraction of sp³-hybridized carbons (Fsp3) is 0.320. The van der Waals surface area contributed by atoms with E-state index < -0.39 is 52.8 Å². The van der Waals surface area contributed by atoms with Crippen LogP contribution in [-0.4, -0.2) is 40.1 Å². The van der Waals surface area contributed by atoms with Crippen molar-refractivity contribution >= 4 is 29.2 Å². The van der Waals surface area contributed by atoms with Crippen molar-refractivity contribution in [1.29, 1.82) is 0 Å². The highest BCUT2D eigenvalue weighted by Crippen LogP contribution is 2.36. The van der Waals surface area contributed by atoms with E-state index in [1.807, 2.05) is 20.8 Å². The first-order valence-corrected chi connectivity index (χ1v) is 11.5. The maximum absolute atomic E-state index is 13.2. The third kappa shape index (κ3) is 6.85. The van der Waals surface area contributed by atoms with E-state index in [4.69, 9.17) is 11.6 Å². The molecule has 0 aliphatic rings. The Bertz CT molecular complexity index is 1310. The molecular formula is C25H23ClF6N4O2. The lowest BCUT2D eigenvalue weighted by Gasteiger charge is -2.19. The van der Waals surface area contributed by atoms with Crippen LogP contribution in [0.2, 0.25) is 5.02 Å². The lowest BCUT2D eigenvalue weighted by atomic mass is 9.92. The molecule has 0 aliphatic heterocycles. The maximum Gasteiger partial charge on any atom is 0.416 e. The molecule has 1 N–H and O–H groups in total. The molecule has 0 bridgehead atoms. The predicted molar refractivity (Wildman–Crippen MR) is 129 cm³/mol. The Morgan fingerprint density at radius 1 is 0.921 bits per heavy atom. The van der Waals surface area contributed by atoms with E-state index in [0.717, 1.165) is 11.9 Å². The number of rotatable bonds is 5. The number of likely N-dealkylation sites (N-methyl/N-ethyl adjacent to an activating group) is 1. The largest absolute Gasteiger partial charge is 0.416 e. The molecule has 1 heterocycles. The SMILES string of the molecule is CN(CC(=O)Nc1cc(C(C)(C)C)nn1-c1ccc(Cl)cc1)C(=O)c1cc(C(F)(F)F)cc(C(F)(F)F)c1. The Morgan fingerprint density at radius 3 is 1.92 bits per heavy atom. The molecule has 0 radical (unpaired) electrons. The van der Waals surface area contributed by atoms with Gasteiger partial charge in [-0.15, -0.1) is 0 Å². The molecule has 204 valence electrons. The van der Waals surface area contributed by atoms with E-state index >= 15 is 0 Å². The molecule has 0 unspecified atom stereocenters. The van der Waals surface area contributed by atoms with Gasteiger partial charge in [0.05, 0.1) is 29.1 Å². The molecule has 38 heavy (non-hydrogen) atoms. The smallest absolute Gasteiger partial charge is 0.332 e. The van der Waals surface area contributed by atoms with Crippen LogP contribution in [0.25, 0.3) is 5.69 Å². The summed E-state index contributed by atoms with van der Waals surface area (Å²) >= 11 is 5.95. The molecule has 3 rings (SSSR count). The van der Waals surface area contributed by atoms with Crippen LogP contribution in [0, 0.1) is 0 Å². The molecule has 1 aromatic heterocycles. The second-order valence-electron chi connectivity index (χ2n) is 9.56. The van der Waals surface area contributed by atoms with Crippen LogP contribution < -0.4 is 5.32 Å². The first-order chi connectivity index (χ1) is 17.4. The van der Waals surface area contributed by atoms with Crippen molar-refractivity contribution in [3.8, 4) is 5.69 Å². The Morgan fingerprint density at radius 2 is 1.45 bits per heavy atom. The van der Waals surface area contributed by atoms with Crippen molar-refractivity contribution in [2.24, 2.45) is 0 Å². The van der Waals surface area contributed by atoms with Gasteiger partial charge in [0.15, 0.2) is 0 Å². The van der Waals surface area contributed by atoms with Crippen LogP contribution in [0.4, 0.5) is 32.2 Å². The van der Waals surface area contributed by atoms with Gasteiger partial charge in [-0.2, -0.15) is 31.4 Å². The quantitative estimate of drug-likeness (QED) is 0.359. The molecule has 2 amide bonds. The molecule has 0 saturated carbocycles. The van der Waals surface area contributed by atoms with Crippen molar-refractivity contribution in [2.45, 2.75) is 38.5 Å². The summed E-state index contributed by atoms with van der Waals surface area (Å²) in [5.41, 5.74) is -3.33. The number of halogens is 7. The molecule has 0 spiro atoms. The maximum atomic E-state index is 13.2. The molecule has 6 nitrogen and oxygen atoms in total. The number of aromatic nitrogens is 2. The number of nitrogens with one attached hydrogen (secondary N) is 1. The number of amides is 2. The average Bonchev–Trinajstić information content (AvgIpc) is 3.21. The van der Waals surface area contributed by atoms with E-state index in [0.29, 0.717) is 28.5 Å². The zero-order valence-corrected chi connectivity index (χ0v) is 21.4. The summed E-state index contributed by atoms with van der Waals surface area (Å²) in [4.78, 5) is 26.2. The van der Waals surface area contributed by atoms with Gasteiger partial charge in [-0.05, 0) is 42.5 Å². The number of carbonyl (C=O) groups excluding carboxylic acids is 2. The van der Waals surface area contributed by atoms with Crippen LogP contribution in [-0.2, 0) is 22.6 Å². The molecule has 3 aromatic rings. The number of hydrogen-bond donors (Lipinski definition) is 1. The fourth-order valence-electron chi connectivity index (χ4n) is 3.38. The Balaban J connectivity index is 1.86. The van der Waals surface area contributed by atoms with Gasteiger partial charge < -0.3 is 10.2 Å². The third-order valence-corrected chi connectivity index (χ3v) is 5.63. The lowest BCUT2D eigenvalue weighted by Crippen LogP contribution is -2.35. The van der Waals surface area contributed by atoms with Crippen molar-refractivity contribution in [2.75, 3.05) is 18.9 Å². The third-order valence-electron chi connectivity index (χ3n) is 5.38. The van der Waals surface area contributed by atoms with Gasteiger partial charge in [-0.1, -0.05) is 32.4 Å². The number of hydrogen-bond acceptors (Lipinski definition) is 3. The van der Waals surface area contributed by atoms with E-state index in [9.17, 15) is 35.9 Å². The Hall–Kier alpha value is -3.54. The van der Waals surface area contributed by atoms with Crippen molar-refractivity contribution in [3.63, 3.8) is 0 Å². The average molecular weight is 561 g/mol. The normalized spacial score (nSPS) is 12.4. The number of alkyl halides is 6. The van der Waals surface area contributed by atoms with Gasteiger partial charge in [0.1, 0.15) is 5.82 Å². The van der Waals surface area contributed by atoms with Crippen molar-refractivity contribution < 1.29 is 35.9 Å². The lowest BCUT2D eigenvalue weighted by molar-refractivity contribution is -0.143. The van der Waals surface area contributed by atoms with Gasteiger partial charge in [0.2, 0.25) is 5.91 Å². The second kappa shape index (κ2) is 10.3. The molecule has 0 aliphatic carbocycles. The molecule has 2 aromatic carbocycles. The summed E-state index contributed by atoms with van der Waals surface area (Å²) in [5, 5.41) is 7.60. The predicted octanol–water partition coefficient (Wildman–Crippen LogP) is 6.57. The fourth-order valence-corrected chi connectivity index (χ4v) is 3.51. The molecule has 0 saturated heterocycles. The monoisotopic (exact) mass is 560 g/mol. The van der Waals surface area contributed by atoms with Gasteiger partial charge in [0, 0.05) is 29.1 Å². The highest BCUT2D eigenvalue weighted by atomic mass is 35.5. The van der Waals surface area contributed by atoms with Crippen LogP contribution in [0.3, 0.4) is 0 Å². The Kier molecular flexibility index (Phi) is 7.88. The first-order valence-electron chi connectivity index (χ1n) is 11.1. The Labute approximate surface area is 219 Å². The van der Waals surface area contributed by atoms with E-state index in [-0.39, 0.29) is 11.9 Å². The minimum atomic E-state index is -5.11. The van der Waals surface area contributed by atoms with Crippen LogP contribution >= 0.6 is 11.6 Å². The topological polar surface area (TPSA) is 67.2 Å². The molecule has 0 fully saturated rings. The number of nitrogens with zero attached hydrogens (tertiary/aromatic N) is 3. The highest BCUT2D eigenvalue weighted by molar-refractivity contribution is 6.30. The van der Waals surface area contributed by atoms with Gasteiger partial charge in [-0.3, -0.25) is 9.59 Å². The number of carbonyl (C=O) groups is 2. The highest BCUT2D eigenvalue weighted by Gasteiger charge is 2.38. The zero-order chi connectivity index (χ0) is 28.6. The molecule has 0 atom stereocenters. The van der Waals surface area contributed by atoms with E-state index in [1.54, 1.807) is 30.3 Å². The summed E-state index contributed by atoms with van der Waals surface area (Å²) in [6, 6.07) is 8.76. The van der Waals surface area contributed by atoms with Gasteiger partial charge in [-0.25, -0.2) is 4.68 Å². The minimum absolute atomic E-state index is 0.0752. The first kappa shape index (κ1) is 29.0. The van der Waals surface area contributed by atoms with Crippen molar-refractivity contribution in [1.82, 2.24) is 14.7 Å². The van der Waals surface area contributed by atoms with Gasteiger partial charge in [0.25, 0.3) is 5.91 Å². The summed E-state index contributed by atoms with van der Waals surface area (Å²) in [5.74, 6) is -1.71. The molecule has 13 heteroatoms. The van der Waals surface area contributed by atoms with Crippen LogP contribution in [0.5, 0.6) is 0 Å². The number of benzene rings is 2. The van der Waals surface area contributed by atoms with Crippen LogP contribution in [0.15, 0.2) is 48.5 Å². The van der Waals surface area contributed by atoms with Crippen LogP contribution in [0.1, 0.15) is 48.0 Å². The summed E-state index contributed by atoms with van der Waals surface area (Å²) in [6.07, 6.45) is -10.2. The second-order valence-corrected chi connectivity index (χ2v) is 9.99. The minimum Gasteiger partial charge on any atom is -0.332 e. The van der Waals surface area contributed by atoms with E-state index in [2.05, 4.69) is 10.4 Å².